The van der Waals surface area contributed by atoms with Gasteiger partial charge in [-0.25, -0.2) is 4.39 Å². The van der Waals surface area contributed by atoms with E-state index < -0.39 is 6.36 Å². The van der Waals surface area contributed by atoms with Crippen molar-refractivity contribution in [3.8, 4) is 0 Å². The molecule has 0 aliphatic heterocycles. The average molecular weight is 153 g/mol. The summed E-state index contributed by atoms with van der Waals surface area (Å²) in [6.45, 7) is 1.87. The third kappa shape index (κ3) is 2.31. The van der Waals surface area contributed by atoms with Gasteiger partial charge in [-0.2, -0.15) is 5.11 Å². The Hall–Kier alpha value is -0.890. The number of halogens is 1. The molecule has 2 heteroatoms. The zero-order valence-electron chi connectivity index (χ0n) is 6.38. The number of aryl methyl sites for hydroxylation is 1. The minimum absolute atomic E-state index is 0.0212. The fourth-order valence-electron chi connectivity index (χ4n) is 1.01. The SMILES string of the molecule is Cc1ccccc1CC([O])F. The van der Waals surface area contributed by atoms with Gasteiger partial charge in [0, 0.05) is 6.42 Å². The molecule has 0 bridgehead atoms. The van der Waals surface area contributed by atoms with Crippen LogP contribution in [0.2, 0.25) is 0 Å². The predicted octanol–water partition coefficient (Wildman–Crippen LogP) is 2.26. The van der Waals surface area contributed by atoms with Gasteiger partial charge in [-0.3, -0.25) is 0 Å². The number of hydrogen-bond acceptors (Lipinski definition) is 0. The first-order chi connectivity index (χ1) is 5.20. The average Bonchev–Trinajstić information content (AvgIpc) is 1.93. The van der Waals surface area contributed by atoms with E-state index in [1.807, 2.05) is 25.1 Å². The number of alkyl halides is 1. The van der Waals surface area contributed by atoms with Gasteiger partial charge in [-0.05, 0) is 18.1 Å². The fraction of sp³-hybridized carbons (Fsp3) is 0.333. The molecule has 0 aromatic heterocycles. The van der Waals surface area contributed by atoms with Gasteiger partial charge in [0.2, 0.25) is 6.36 Å². The van der Waals surface area contributed by atoms with Crippen molar-refractivity contribution >= 4 is 0 Å². The van der Waals surface area contributed by atoms with Crippen LogP contribution in [0.4, 0.5) is 4.39 Å². The molecular weight excluding hydrogens is 143 g/mol. The molecule has 1 aromatic rings. The van der Waals surface area contributed by atoms with E-state index in [-0.39, 0.29) is 6.42 Å². The molecular formula is C9H10FO. The Morgan fingerprint density at radius 3 is 2.64 bits per heavy atom. The van der Waals surface area contributed by atoms with Crippen LogP contribution in [0.15, 0.2) is 24.3 Å². The maximum absolute atomic E-state index is 12.0. The first-order valence-electron chi connectivity index (χ1n) is 3.54. The van der Waals surface area contributed by atoms with Crippen LogP contribution in [-0.4, -0.2) is 6.36 Å². The highest BCUT2D eigenvalue weighted by atomic mass is 19.1. The smallest absolute Gasteiger partial charge is 0.213 e. The number of rotatable bonds is 2. The van der Waals surface area contributed by atoms with Gasteiger partial charge in [0.15, 0.2) is 0 Å². The van der Waals surface area contributed by atoms with Crippen molar-refractivity contribution in [3.63, 3.8) is 0 Å². The lowest BCUT2D eigenvalue weighted by molar-refractivity contribution is -0.0211. The lowest BCUT2D eigenvalue weighted by Gasteiger charge is -2.02. The van der Waals surface area contributed by atoms with E-state index in [1.54, 1.807) is 6.07 Å². The highest BCUT2D eigenvalue weighted by Crippen LogP contribution is 2.09. The summed E-state index contributed by atoms with van der Waals surface area (Å²) in [6, 6.07) is 7.33. The molecule has 11 heavy (non-hydrogen) atoms. The second kappa shape index (κ2) is 3.49. The molecule has 0 saturated heterocycles. The van der Waals surface area contributed by atoms with Crippen molar-refractivity contribution in [1.82, 2.24) is 0 Å². The molecule has 59 valence electrons. The minimum Gasteiger partial charge on any atom is -0.213 e. The lowest BCUT2D eigenvalue weighted by Crippen LogP contribution is -2.01. The van der Waals surface area contributed by atoms with Gasteiger partial charge in [-0.15, -0.1) is 0 Å². The third-order valence-corrected chi connectivity index (χ3v) is 1.64. The molecule has 0 aliphatic rings. The highest BCUT2D eigenvalue weighted by Gasteiger charge is 2.04. The van der Waals surface area contributed by atoms with Crippen LogP contribution < -0.4 is 0 Å². The van der Waals surface area contributed by atoms with Crippen LogP contribution in [0.3, 0.4) is 0 Å². The van der Waals surface area contributed by atoms with Crippen LogP contribution in [0.5, 0.6) is 0 Å². The Kier molecular flexibility index (Phi) is 2.60. The summed E-state index contributed by atoms with van der Waals surface area (Å²) < 4.78 is 12.0. The van der Waals surface area contributed by atoms with Gasteiger partial charge >= 0.3 is 0 Å². The van der Waals surface area contributed by atoms with E-state index in [4.69, 9.17) is 0 Å². The molecule has 1 aromatic carbocycles. The summed E-state index contributed by atoms with van der Waals surface area (Å²) in [7, 11) is 0. The van der Waals surface area contributed by atoms with Crippen LogP contribution in [-0.2, 0) is 11.5 Å². The largest absolute Gasteiger partial charge is 0.235 e. The summed E-state index contributed by atoms with van der Waals surface area (Å²) in [5.74, 6) is 0. The first kappa shape index (κ1) is 8.21. The second-order valence-electron chi connectivity index (χ2n) is 2.54. The third-order valence-electron chi connectivity index (χ3n) is 1.64. The summed E-state index contributed by atoms with van der Waals surface area (Å²) in [5.41, 5.74) is 1.78. The predicted molar refractivity (Wildman–Crippen MR) is 40.5 cm³/mol. The topological polar surface area (TPSA) is 19.9 Å². The van der Waals surface area contributed by atoms with Crippen molar-refractivity contribution in [1.29, 1.82) is 0 Å². The van der Waals surface area contributed by atoms with Crippen molar-refractivity contribution in [2.45, 2.75) is 19.7 Å². The summed E-state index contributed by atoms with van der Waals surface area (Å²) >= 11 is 0. The van der Waals surface area contributed by atoms with E-state index in [2.05, 4.69) is 0 Å². The molecule has 1 atom stereocenters. The molecule has 1 rings (SSSR count). The second-order valence-corrected chi connectivity index (χ2v) is 2.54. The Labute approximate surface area is 65.5 Å². The van der Waals surface area contributed by atoms with Gasteiger partial charge in [0.05, 0.1) is 0 Å². The van der Waals surface area contributed by atoms with Gasteiger partial charge < -0.3 is 0 Å². The maximum atomic E-state index is 12.0. The van der Waals surface area contributed by atoms with E-state index >= 15 is 0 Å². The standard InChI is InChI=1S/C9H10FO/c1-7-4-2-3-5-8(7)6-9(10)11/h2-5,9H,6H2,1H3. The molecule has 0 N–H and O–H groups in total. The molecule has 0 amide bonds. The van der Waals surface area contributed by atoms with Gasteiger partial charge in [0.1, 0.15) is 0 Å². The van der Waals surface area contributed by atoms with Crippen LogP contribution in [0.1, 0.15) is 11.1 Å². The molecule has 0 aliphatic carbocycles. The molecule has 1 radical (unpaired) electrons. The Morgan fingerprint density at radius 1 is 1.45 bits per heavy atom. The lowest BCUT2D eigenvalue weighted by atomic mass is 10.1. The highest BCUT2D eigenvalue weighted by molar-refractivity contribution is 5.25. The molecule has 0 saturated carbocycles. The molecule has 0 heterocycles. The van der Waals surface area contributed by atoms with Crippen molar-refractivity contribution in [2.75, 3.05) is 0 Å². The zero-order chi connectivity index (χ0) is 8.27. The molecule has 1 nitrogen and oxygen atoms in total. The fourth-order valence-corrected chi connectivity index (χ4v) is 1.01. The monoisotopic (exact) mass is 153 g/mol. The quantitative estimate of drug-likeness (QED) is 0.621. The molecule has 0 spiro atoms. The summed E-state index contributed by atoms with van der Waals surface area (Å²) in [5, 5.41) is 10.2. The van der Waals surface area contributed by atoms with Gasteiger partial charge in [-0.1, -0.05) is 24.3 Å². The van der Waals surface area contributed by atoms with Crippen molar-refractivity contribution in [3.05, 3.63) is 35.4 Å². The minimum atomic E-state index is -1.99. The van der Waals surface area contributed by atoms with E-state index in [0.717, 1.165) is 11.1 Å². The number of benzene rings is 1. The van der Waals surface area contributed by atoms with Gasteiger partial charge in [0.25, 0.3) is 0 Å². The maximum Gasteiger partial charge on any atom is 0.235 e. The summed E-state index contributed by atoms with van der Waals surface area (Å²) in [6.07, 6.45) is -2.01. The zero-order valence-corrected chi connectivity index (χ0v) is 6.38. The Bertz CT molecular complexity index is 233. The van der Waals surface area contributed by atoms with E-state index in [0.29, 0.717) is 0 Å². The van der Waals surface area contributed by atoms with Crippen molar-refractivity contribution < 1.29 is 9.50 Å². The normalized spacial score (nSPS) is 13.0. The molecule has 1 unspecified atom stereocenters. The van der Waals surface area contributed by atoms with E-state index in [1.165, 1.54) is 0 Å². The molecule has 0 fully saturated rings. The first-order valence-corrected chi connectivity index (χ1v) is 3.54. The van der Waals surface area contributed by atoms with Crippen LogP contribution in [0, 0.1) is 6.92 Å². The van der Waals surface area contributed by atoms with E-state index in [9.17, 15) is 9.50 Å². The Morgan fingerprint density at radius 2 is 2.09 bits per heavy atom. The Balaban J connectivity index is 2.78. The summed E-state index contributed by atoms with van der Waals surface area (Å²) in [4.78, 5) is 0. The van der Waals surface area contributed by atoms with Crippen LogP contribution >= 0.6 is 0 Å². The number of hydrogen-bond donors (Lipinski definition) is 0. The van der Waals surface area contributed by atoms with Crippen molar-refractivity contribution in [2.24, 2.45) is 0 Å². The van der Waals surface area contributed by atoms with Crippen LogP contribution in [0.25, 0.3) is 0 Å².